The molecule has 1 aromatic heterocycles. The number of aromatic nitrogens is 2. The van der Waals surface area contributed by atoms with Crippen LogP contribution in [0.2, 0.25) is 0 Å². The van der Waals surface area contributed by atoms with E-state index in [0.29, 0.717) is 5.92 Å². The Morgan fingerprint density at radius 1 is 1.50 bits per heavy atom. The molecule has 0 aliphatic heterocycles. The summed E-state index contributed by atoms with van der Waals surface area (Å²) in [6.07, 6.45) is 1.03. The first-order chi connectivity index (χ1) is 5.65. The van der Waals surface area contributed by atoms with Crippen LogP contribution in [0.3, 0.4) is 0 Å². The van der Waals surface area contributed by atoms with E-state index in [1.165, 1.54) is 11.3 Å². The molecule has 3 nitrogen and oxygen atoms in total. The molecule has 68 valence electrons. The number of rotatable bonds is 3. The maximum Gasteiger partial charge on any atom is 0.0626 e. The van der Waals surface area contributed by atoms with Gasteiger partial charge in [-0.2, -0.15) is 5.10 Å². The molecule has 0 aliphatic carbocycles. The van der Waals surface area contributed by atoms with Crippen molar-refractivity contribution in [2.24, 2.45) is 11.7 Å². The lowest BCUT2D eigenvalue weighted by molar-refractivity contribution is 0.590. The first-order valence-corrected chi connectivity index (χ1v) is 4.35. The van der Waals surface area contributed by atoms with Crippen LogP contribution in [0.25, 0.3) is 0 Å². The minimum absolute atomic E-state index is 0.542. The molecule has 12 heavy (non-hydrogen) atoms. The van der Waals surface area contributed by atoms with Crippen LogP contribution in [0.4, 0.5) is 0 Å². The third kappa shape index (κ3) is 1.85. The van der Waals surface area contributed by atoms with Gasteiger partial charge in [0.05, 0.1) is 5.69 Å². The number of aromatic amines is 1. The molecule has 1 rings (SSSR count). The highest BCUT2D eigenvalue weighted by Crippen LogP contribution is 2.13. The summed E-state index contributed by atoms with van der Waals surface area (Å²) < 4.78 is 0. The average molecular weight is 167 g/mol. The maximum atomic E-state index is 5.56. The highest BCUT2D eigenvalue weighted by molar-refractivity contribution is 5.23. The molecule has 1 unspecified atom stereocenters. The van der Waals surface area contributed by atoms with Crippen molar-refractivity contribution in [2.45, 2.75) is 27.2 Å². The Kier molecular flexibility index (Phi) is 2.87. The van der Waals surface area contributed by atoms with Crippen molar-refractivity contribution in [3.05, 3.63) is 17.0 Å². The van der Waals surface area contributed by atoms with Gasteiger partial charge in [0, 0.05) is 5.69 Å². The van der Waals surface area contributed by atoms with Crippen molar-refractivity contribution in [1.29, 1.82) is 0 Å². The summed E-state index contributed by atoms with van der Waals surface area (Å²) in [4.78, 5) is 0. The van der Waals surface area contributed by atoms with E-state index in [1.807, 2.05) is 6.92 Å². The van der Waals surface area contributed by atoms with E-state index in [9.17, 15) is 0 Å². The monoisotopic (exact) mass is 167 g/mol. The summed E-state index contributed by atoms with van der Waals surface area (Å²) >= 11 is 0. The van der Waals surface area contributed by atoms with Gasteiger partial charge in [-0.3, -0.25) is 5.10 Å². The fourth-order valence-electron chi connectivity index (χ4n) is 1.31. The van der Waals surface area contributed by atoms with Gasteiger partial charge in [-0.05, 0) is 38.3 Å². The van der Waals surface area contributed by atoms with Gasteiger partial charge in [0.15, 0.2) is 0 Å². The molecule has 0 saturated heterocycles. The Morgan fingerprint density at radius 2 is 2.17 bits per heavy atom. The van der Waals surface area contributed by atoms with Crippen molar-refractivity contribution in [3.63, 3.8) is 0 Å². The molecule has 0 aliphatic rings. The Balaban J connectivity index is 2.73. The predicted molar refractivity (Wildman–Crippen MR) is 50.0 cm³/mol. The van der Waals surface area contributed by atoms with Gasteiger partial charge >= 0.3 is 0 Å². The number of aryl methyl sites for hydroxylation is 2. The van der Waals surface area contributed by atoms with Crippen LogP contribution in [0.15, 0.2) is 0 Å². The van der Waals surface area contributed by atoms with Crippen LogP contribution in [0.5, 0.6) is 0 Å². The van der Waals surface area contributed by atoms with Crippen LogP contribution in [0.1, 0.15) is 23.9 Å². The van der Waals surface area contributed by atoms with Crippen LogP contribution in [0, 0.1) is 19.8 Å². The third-order valence-electron chi connectivity index (χ3n) is 2.24. The van der Waals surface area contributed by atoms with Crippen molar-refractivity contribution >= 4 is 0 Å². The number of hydrogen-bond donors (Lipinski definition) is 2. The Hall–Kier alpha value is -0.830. The predicted octanol–water partition coefficient (Wildman–Crippen LogP) is 1.16. The van der Waals surface area contributed by atoms with Crippen LogP contribution in [-0.4, -0.2) is 16.7 Å². The second-order valence-corrected chi connectivity index (χ2v) is 3.46. The number of nitrogens with one attached hydrogen (secondary N) is 1. The van der Waals surface area contributed by atoms with E-state index in [4.69, 9.17) is 5.73 Å². The van der Waals surface area contributed by atoms with Gasteiger partial charge in [-0.1, -0.05) is 6.92 Å². The molecule has 1 heterocycles. The fraction of sp³-hybridized carbons (Fsp3) is 0.667. The van der Waals surface area contributed by atoms with E-state index >= 15 is 0 Å². The molecular weight excluding hydrogens is 150 g/mol. The smallest absolute Gasteiger partial charge is 0.0626 e. The van der Waals surface area contributed by atoms with Gasteiger partial charge in [0.25, 0.3) is 0 Å². The van der Waals surface area contributed by atoms with Crippen molar-refractivity contribution in [1.82, 2.24) is 10.2 Å². The molecule has 1 atom stereocenters. The standard InChI is InChI=1S/C9H17N3/c1-6(5-10)4-9-7(2)11-12-8(9)3/h6H,4-5,10H2,1-3H3,(H,11,12). The van der Waals surface area contributed by atoms with Crippen LogP contribution >= 0.6 is 0 Å². The molecule has 0 spiro atoms. The molecular formula is C9H17N3. The summed E-state index contributed by atoms with van der Waals surface area (Å²) in [5, 5.41) is 7.11. The lowest BCUT2D eigenvalue weighted by atomic mass is 10.00. The zero-order valence-electron chi connectivity index (χ0n) is 8.02. The summed E-state index contributed by atoms with van der Waals surface area (Å²) in [7, 11) is 0. The molecule has 0 amide bonds. The van der Waals surface area contributed by atoms with Crippen LogP contribution in [-0.2, 0) is 6.42 Å². The summed E-state index contributed by atoms with van der Waals surface area (Å²) in [5.74, 6) is 0.542. The van der Waals surface area contributed by atoms with E-state index in [1.54, 1.807) is 0 Å². The highest BCUT2D eigenvalue weighted by atomic mass is 15.1. The highest BCUT2D eigenvalue weighted by Gasteiger charge is 2.09. The first kappa shape index (κ1) is 9.26. The Bertz CT molecular complexity index is 233. The van der Waals surface area contributed by atoms with Gasteiger partial charge < -0.3 is 5.73 Å². The molecule has 0 fully saturated rings. The molecule has 0 radical (unpaired) electrons. The fourth-order valence-corrected chi connectivity index (χ4v) is 1.31. The lowest BCUT2D eigenvalue weighted by Gasteiger charge is -2.07. The van der Waals surface area contributed by atoms with Gasteiger partial charge in [-0.15, -0.1) is 0 Å². The zero-order valence-corrected chi connectivity index (χ0v) is 8.02. The van der Waals surface area contributed by atoms with E-state index in [2.05, 4.69) is 24.0 Å². The molecule has 0 saturated carbocycles. The molecule has 1 aromatic rings. The average Bonchev–Trinajstić information content (AvgIpc) is 2.35. The normalized spacial score (nSPS) is 13.3. The number of nitrogens with two attached hydrogens (primary N) is 1. The second kappa shape index (κ2) is 3.72. The summed E-state index contributed by atoms with van der Waals surface area (Å²) in [5.41, 5.74) is 9.16. The van der Waals surface area contributed by atoms with Crippen molar-refractivity contribution < 1.29 is 0 Å². The number of H-pyrrole nitrogens is 1. The summed E-state index contributed by atoms with van der Waals surface area (Å²) in [6.45, 7) is 6.98. The quantitative estimate of drug-likeness (QED) is 0.710. The van der Waals surface area contributed by atoms with Gasteiger partial charge in [0.1, 0.15) is 0 Å². The van der Waals surface area contributed by atoms with Crippen LogP contribution < -0.4 is 5.73 Å². The third-order valence-corrected chi connectivity index (χ3v) is 2.24. The minimum Gasteiger partial charge on any atom is -0.330 e. The molecule has 3 N–H and O–H groups in total. The second-order valence-electron chi connectivity index (χ2n) is 3.46. The van der Waals surface area contributed by atoms with E-state index < -0.39 is 0 Å². The maximum absolute atomic E-state index is 5.56. The molecule has 0 bridgehead atoms. The largest absolute Gasteiger partial charge is 0.330 e. The van der Waals surface area contributed by atoms with Gasteiger partial charge in [0.2, 0.25) is 0 Å². The van der Waals surface area contributed by atoms with Crippen molar-refractivity contribution in [2.75, 3.05) is 6.54 Å². The molecule has 0 aromatic carbocycles. The molecule has 3 heteroatoms. The lowest BCUT2D eigenvalue weighted by Crippen LogP contribution is -2.13. The summed E-state index contributed by atoms with van der Waals surface area (Å²) in [6, 6.07) is 0. The first-order valence-electron chi connectivity index (χ1n) is 4.35. The zero-order chi connectivity index (χ0) is 9.14. The Labute approximate surface area is 73.4 Å². The topological polar surface area (TPSA) is 54.7 Å². The number of hydrogen-bond acceptors (Lipinski definition) is 2. The Morgan fingerprint density at radius 3 is 2.58 bits per heavy atom. The number of nitrogens with zero attached hydrogens (tertiary/aromatic N) is 1. The van der Waals surface area contributed by atoms with Gasteiger partial charge in [-0.25, -0.2) is 0 Å². The van der Waals surface area contributed by atoms with E-state index in [0.717, 1.165) is 18.7 Å². The SMILES string of the molecule is Cc1n[nH]c(C)c1CC(C)CN. The van der Waals surface area contributed by atoms with Crippen molar-refractivity contribution in [3.8, 4) is 0 Å². The minimum atomic E-state index is 0.542. The van der Waals surface area contributed by atoms with E-state index in [-0.39, 0.29) is 0 Å².